The molecule has 136 valence electrons. The van der Waals surface area contributed by atoms with E-state index in [1.54, 1.807) is 35.8 Å². The third-order valence-electron chi connectivity index (χ3n) is 4.76. The average molecular weight is 380 g/mol. The molecule has 1 N–H and O–H groups in total. The Hall–Kier alpha value is -2.98. The van der Waals surface area contributed by atoms with Crippen molar-refractivity contribution in [1.82, 2.24) is 4.57 Å². The molecule has 5 heteroatoms. The van der Waals surface area contributed by atoms with Gasteiger partial charge in [0.1, 0.15) is 5.75 Å². The van der Waals surface area contributed by atoms with Crippen molar-refractivity contribution >= 4 is 39.5 Å². The van der Waals surface area contributed by atoms with Crippen LogP contribution in [0.15, 0.2) is 54.6 Å². The van der Waals surface area contributed by atoms with Gasteiger partial charge in [0, 0.05) is 26.9 Å². The van der Waals surface area contributed by atoms with Crippen LogP contribution >= 0.6 is 11.6 Å². The number of carbonyl (C=O) groups excluding carboxylic acids is 1. The fourth-order valence-corrected chi connectivity index (χ4v) is 3.74. The molecular weight excluding hydrogens is 362 g/mol. The molecule has 0 unspecified atom stereocenters. The Morgan fingerprint density at radius 3 is 2.56 bits per heavy atom. The number of hydrogen-bond donors (Lipinski definition) is 1. The smallest absolute Gasteiger partial charge is 0.418 e. The predicted molar refractivity (Wildman–Crippen MR) is 109 cm³/mol. The van der Waals surface area contributed by atoms with E-state index in [4.69, 9.17) is 16.3 Å². The largest absolute Gasteiger partial charge is 0.508 e. The highest BCUT2D eigenvalue weighted by atomic mass is 35.5. The predicted octanol–water partition coefficient (Wildman–Crippen LogP) is 6.13. The zero-order chi connectivity index (χ0) is 19.1. The number of rotatable bonds is 2. The maximum atomic E-state index is 12.8. The summed E-state index contributed by atoms with van der Waals surface area (Å²) in [7, 11) is 0. The Kier molecular flexibility index (Phi) is 4.28. The van der Waals surface area contributed by atoms with Crippen LogP contribution in [0.1, 0.15) is 12.5 Å². The van der Waals surface area contributed by atoms with E-state index >= 15 is 0 Å². The van der Waals surface area contributed by atoms with Crippen molar-refractivity contribution in [3.05, 3.63) is 65.2 Å². The van der Waals surface area contributed by atoms with E-state index in [0.717, 1.165) is 21.9 Å². The first kappa shape index (κ1) is 17.4. The molecule has 0 saturated heterocycles. The number of nitrogens with zero attached hydrogens (tertiary/aromatic N) is 1. The summed E-state index contributed by atoms with van der Waals surface area (Å²) >= 11 is 6.21. The summed E-state index contributed by atoms with van der Waals surface area (Å²) in [6, 6.07) is 16.7. The zero-order valence-corrected chi connectivity index (χ0v) is 15.7. The zero-order valence-electron chi connectivity index (χ0n) is 15.0. The molecule has 27 heavy (non-hydrogen) atoms. The number of phenolic OH excluding ortho intramolecular Hbond substituents is 1. The van der Waals surface area contributed by atoms with E-state index in [9.17, 15) is 9.90 Å². The Morgan fingerprint density at radius 1 is 1.11 bits per heavy atom. The van der Waals surface area contributed by atoms with Crippen molar-refractivity contribution in [3.8, 4) is 16.9 Å². The van der Waals surface area contributed by atoms with Gasteiger partial charge < -0.3 is 9.84 Å². The number of aromatic hydroxyl groups is 1. The SMILES string of the molecule is CCOC(=O)n1c2ccc(Cl)cc2c2cc(O)c(C)c(-c3ccccc3)c21. The van der Waals surface area contributed by atoms with Crippen molar-refractivity contribution in [3.63, 3.8) is 0 Å². The molecule has 1 aromatic heterocycles. The van der Waals surface area contributed by atoms with Gasteiger partial charge in [-0.25, -0.2) is 9.36 Å². The lowest BCUT2D eigenvalue weighted by Gasteiger charge is -2.13. The lowest BCUT2D eigenvalue weighted by Crippen LogP contribution is -2.13. The molecule has 0 fully saturated rings. The number of ether oxygens (including phenoxy) is 1. The van der Waals surface area contributed by atoms with Crippen molar-refractivity contribution < 1.29 is 14.6 Å². The summed E-state index contributed by atoms with van der Waals surface area (Å²) in [4.78, 5) is 12.8. The number of aromatic nitrogens is 1. The summed E-state index contributed by atoms with van der Waals surface area (Å²) in [6.45, 7) is 3.89. The van der Waals surface area contributed by atoms with Crippen LogP contribution in [0.4, 0.5) is 4.79 Å². The maximum Gasteiger partial charge on any atom is 0.418 e. The number of benzene rings is 3. The molecule has 0 saturated carbocycles. The minimum absolute atomic E-state index is 0.171. The number of fused-ring (bicyclic) bond motifs is 3. The van der Waals surface area contributed by atoms with Crippen LogP contribution in [0.25, 0.3) is 32.9 Å². The second-order valence-corrected chi connectivity index (χ2v) is 6.79. The molecule has 0 bridgehead atoms. The lowest BCUT2D eigenvalue weighted by molar-refractivity contribution is 0.156. The summed E-state index contributed by atoms with van der Waals surface area (Å²) in [6.07, 6.45) is -0.456. The van der Waals surface area contributed by atoms with Crippen LogP contribution in [0.3, 0.4) is 0 Å². The van der Waals surface area contributed by atoms with Crippen LogP contribution in [0.5, 0.6) is 5.75 Å². The van der Waals surface area contributed by atoms with E-state index in [-0.39, 0.29) is 12.4 Å². The van der Waals surface area contributed by atoms with Crippen LogP contribution < -0.4 is 0 Å². The van der Waals surface area contributed by atoms with Crippen molar-refractivity contribution in [2.24, 2.45) is 0 Å². The highest BCUT2D eigenvalue weighted by Crippen LogP contribution is 2.42. The van der Waals surface area contributed by atoms with Gasteiger partial charge in [0.15, 0.2) is 0 Å². The number of hydrogen-bond acceptors (Lipinski definition) is 3. The van der Waals surface area contributed by atoms with Gasteiger partial charge in [-0.15, -0.1) is 0 Å². The molecule has 4 aromatic rings. The monoisotopic (exact) mass is 379 g/mol. The van der Waals surface area contributed by atoms with E-state index in [2.05, 4.69) is 0 Å². The summed E-state index contributed by atoms with van der Waals surface area (Å²) < 4.78 is 6.89. The first-order valence-corrected chi connectivity index (χ1v) is 9.09. The van der Waals surface area contributed by atoms with Crippen molar-refractivity contribution in [1.29, 1.82) is 0 Å². The topological polar surface area (TPSA) is 51.5 Å². The quantitative estimate of drug-likeness (QED) is 0.455. The first-order valence-electron chi connectivity index (χ1n) is 8.71. The van der Waals surface area contributed by atoms with Gasteiger partial charge in [-0.05, 0) is 43.7 Å². The Morgan fingerprint density at radius 2 is 1.85 bits per heavy atom. The second-order valence-electron chi connectivity index (χ2n) is 6.35. The minimum Gasteiger partial charge on any atom is -0.508 e. The fourth-order valence-electron chi connectivity index (χ4n) is 3.57. The molecule has 0 aliphatic rings. The van der Waals surface area contributed by atoms with Gasteiger partial charge in [-0.1, -0.05) is 41.9 Å². The summed E-state index contributed by atoms with van der Waals surface area (Å²) in [5.41, 5.74) is 3.80. The van der Waals surface area contributed by atoms with Gasteiger partial charge in [0.2, 0.25) is 0 Å². The standard InChI is InChI=1S/C22H18ClNO3/c1-3-27-22(26)24-18-10-9-15(23)11-16(18)17-12-19(25)13(2)20(21(17)24)14-7-5-4-6-8-14/h4-12,25H,3H2,1-2H3. The van der Waals surface area contributed by atoms with E-state index in [1.165, 1.54) is 0 Å². The van der Waals surface area contributed by atoms with Crippen LogP contribution in [-0.2, 0) is 4.74 Å². The van der Waals surface area contributed by atoms with Gasteiger partial charge in [0.25, 0.3) is 0 Å². The first-order chi connectivity index (χ1) is 13.0. The Bertz CT molecular complexity index is 1180. The highest BCUT2D eigenvalue weighted by molar-refractivity contribution is 6.32. The van der Waals surface area contributed by atoms with Gasteiger partial charge in [-0.2, -0.15) is 0 Å². The lowest BCUT2D eigenvalue weighted by atomic mass is 9.96. The molecule has 1 heterocycles. The van der Waals surface area contributed by atoms with E-state index in [0.29, 0.717) is 21.6 Å². The Labute approximate surface area is 161 Å². The third-order valence-corrected chi connectivity index (χ3v) is 4.99. The van der Waals surface area contributed by atoms with E-state index in [1.807, 2.05) is 37.3 Å². The number of carbonyl (C=O) groups is 1. The Balaban J connectivity index is 2.24. The highest BCUT2D eigenvalue weighted by Gasteiger charge is 2.23. The summed E-state index contributed by atoms with van der Waals surface area (Å²) in [5, 5.41) is 12.7. The molecular formula is C22H18ClNO3. The van der Waals surface area contributed by atoms with Gasteiger partial charge in [0.05, 0.1) is 17.6 Å². The molecule has 0 aliphatic carbocycles. The minimum atomic E-state index is -0.456. The van der Waals surface area contributed by atoms with Crippen molar-refractivity contribution in [2.75, 3.05) is 6.61 Å². The molecule has 0 radical (unpaired) electrons. The third kappa shape index (κ3) is 2.73. The number of phenols is 1. The molecule has 0 amide bonds. The number of halogens is 1. The second kappa shape index (κ2) is 6.63. The van der Waals surface area contributed by atoms with Gasteiger partial charge >= 0.3 is 6.09 Å². The van der Waals surface area contributed by atoms with E-state index < -0.39 is 6.09 Å². The molecule has 4 rings (SSSR count). The van der Waals surface area contributed by atoms with Crippen LogP contribution in [0.2, 0.25) is 5.02 Å². The van der Waals surface area contributed by atoms with Gasteiger partial charge in [-0.3, -0.25) is 0 Å². The fraction of sp³-hybridized carbons (Fsp3) is 0.136. The molecule has 4 nitrogen and oxygen atoms in total. The molecule has 3 aromatic carbocycles. The summed E-state index contributed by atoms with van der Waals surface area (Å²) in [5.74, 6) is 0.171. The normalized spacial score (nSPS) is 11.2. The molecule has 0 atom stereocenters. The maximum absolute atomic E-state index is 12.8. The molecule has 0 spiro atoms. The van der Waals surface area contributed by atoms with Crippen LogP contribution in [0, 0.1) is 6.92 Å². The molecule has 0 aliphatic heterocycles. The van der Waals surface area contributed by atoms with Crippen LogP contribution in [-0.4, -0.2) is 22.4 Å². The van der Waals surface area contributed by atoms with Crippen molar-refractivity contribution in [2.45, 2.75) is 13.8 Å². The average Bonchev–Trinajstić information content (AvgIpc) is 2.97.